The average molecular weight is 257 g/mol. The van der Waals surface area contributed by atoms with E-state index in [1.807, 2.05) is 30.3 Å². The molecular formula is C14H11NO2S. The normalized spacial score (nSPS) is 12.1. The number of carbonyl (C=O) groups excluding carboxylic acids is 1. The van der Waals surface area contributed by atoms with Crippen LogP contribution >= 0.6 is 11.8 Å². The number of fused-ring (bicyclic) bond motifs is 2. The van der Waals surface area contributed by atoms with E-state index in [1.165, 1.54) is 7.11 Å². The first kappa shape index (κ1) is 11.2. The lowest BCUT2D eigenvalue weighted by atomic mass is 10.2. The minimum atomic E-state index is -0.308. The molecule has 2 aromatic rings. The summed E-state index contributed by atoms with van der Waals surface area (Å²) in [4.78, 5) is 13.7. The standard InChI is InChI=1S/C14H11NO2S/c1-17-14(16)9-6-7-11-13(8-9)18-12-5-3-2-4-10(12)15-11/h2-8,15H,1H3. The molecule has 0 spiro atoms. The van der Waals surface area contributed by atoms with E-state index in [9.17, 15) is 4.79 Å². The van der Waals surface area contributed by atoms with Gasteiger partial charge in [0.15, 0.2) is 0 Å². The number of rotatable bonds is 1. The van der Waals surface area contributed by atoms with Gasteiger partial charge >= 0.3 is 5.97 Å². The number of hydrogen-bond acceptors (Lipinski definition) is 4. The van der Waals surface area contributed by atoms with Crippen molar-refractivity contribution in [3.05, 3.63) is 48.0 Å². The molecule has 0 unspecified atom stereocenters. The summed E-state index contributed by atoms with van der Waals surface area (Å²) in [5.74, 6) is -0.308. The third-order valence-electron chi connectivity index (χ3n) is 2.78. The first-order chi connectivity index (χ1) is 8.78. The Balaban J connectivity index is 2.01. The van der Waals surface area contributed by atoms with E-state index >= 15 is 0 Å². The Morgan fingerprint density at radius 3 is 2.72 bits per heavy atom. The summed E-state index contributed by atoms with van der Waals surface area (Å²) in [5.41, 5.74) is 2.69. The quantitative estimate of drug-likeness (QED) is 0.675. The molecule has 0 aromatic heterocycles. The molecule has 3 nitrogen and oxygen atoms in total. The highest BCUT2D eigenvalue weighted by molar-refractivity contribution is 7.99. The smallest absolute Gasteiger partial charge is 0.337 e. The van der Waals surface area contributed by atoms with Crippen molar-refractivity contribution < 1.29 is 9.53 Å². The fourth-order valence-corrected chi connectivity index (χ4v) is 2.90. The van der Waals surface area contributed by atoms with Crippen LogP contribution in [-0.2, 0) is 4.74 Å². The Morgan fingerprint density at radius 2 is 1.89 bits per heavy atom. The van der Waals surface area contributed by atoms with Crippen LogP contribution in [0.5, 0.6) is 0 Å². The number of esters is 1. The molecule has 0 saturated carbocycles. The molecule has 3 rings (SSSR count). The first-order valence-corrected chi connectivity index (χ1v) is 6.36. The molecule has 1 aliphatic heterocycles. The summed E-state index contributed by atoms with van der Waals surface area (Å²) >= 11 is 1.65. The molecule has 0 bridgehead atoms. The molecule has 2 aromatic carbocycles. The number of ether oxygens (including phenoxy) is 1. The van der Waals surface area contributed by atoms with Crippen molar-refractivity contribution >= 4 is 29.1 Å². The van der Waals surface area contributed by atoms with Crippen LogP contribution in [0.1, 0.15) is 10.4 Å². The Labute approximate surface area is 109 Å². The van der Waals surface area contributed by atoms with Gasteiger partial charge in [-0.1, -0.05) is 23.9 Å². The number of benzene rings is 2. The van der Waals surface area contributed by atoms with Crippen LogP contribution in [0.2, 0.25) is 0 Å². The molecule has 0 radical (unpaired) electrons. The molecule has 0 atom stereocenters. The van der Waals surface area contributed by atoms with Crippen LogP contribution in [0.25, 0.3) is 0 Å². The van der Waals surface area contributed by atoms with Crippen LogP contribution in [0.15, 0.2) is 52.3 Å². The van der Waals surface area contributed by atoms with Gasteiger partial charge in [-0.3, -0.25) is 0 Å². The van der Waals surface area contributed by atoms with Gasteiger partial charge in [0.2, 0.25) is 0 Å². The van der Waals surface area contributed by atoms with Gasteiger partial charge in [0.25, 0.3) is 0 Å². The van der Waals surface area contributed by atoms with Gasteiger partial charge in [0.1, 0.15) is 0 Å². The summed E-state index contributed by atoms with van der Waals surface area (Å²) in [7, 11) is 1.39. The molecule has 0 fully saturated rings. The van der Waals surface area contributed by atoms with Crippen molar-refractivity contribution in [1.29, 1.82) is 0 Å². The predicted molar refractivity (Wildman–Crippen MR) is 71.6 cm³/mol. The maximum atomic E-state index is 11.5. The van der Waals surface area contributed by atoms with Gasteiger partial charge in [-0.15, -0.1) is 0 Å². The van der Waals surface area contributed by atoms with Crippen LogP contribution in [0, 0.1) is 0 Å². The van der Waals surface area contributed by atoms with E-state index in [4.69, 9.17) is 4.74 Å². The lowest BCUT2D eigenvalue weighted by Gasteiger charge is -2.20. The number of hydrogen-bond donors (Lipinski definition) is 1. The SMILES string of the molecule is COC(=O)c1ccc2c(c1)Sc1ccccc1N2. The molecule has 1 heterocycles. The molecule has 4 heteroatoms. The van der Waals surface area contributed by atoms with Gasteiger partial charge < -0.3 is 10.1 Å². The first-order valence-electron chi connectivity index (χ1n) is 5.54. The highest BCUT2D eigenvalue weighted by Crippen LogP contribution is 2.44. The predicted octanol–water partition coefficient (Wildman–Crippen LogP) is 3.68. The molecule has 0 amide bonds. The molecule has 0 aliphatic carbocycles. The van der Waals surface area contributed by atoms with Crippen LogP contribution < -0.4 is 5.32 Å². The van der Waals surface area contributed by atoms with Gasteiger partial charge in [-0.25, -0.2) is 4.79 Å². The minimum absolute atomic E-state index is 0.308. The van der Waals surface area contributed by atoms with Crippen molar-refractivity contribution in [2.75, 3.05) is 12.4 Å². The highest BCUT2D eigenvalue weighted by Gasteiger charge is 2.17. The topological polar surface area (TPSA) is 38.3 Å². The second-order valence-electron chi connectivity index (χ2n) is 3.93. The molecule has 90 valence electrons. The Bertz CT molecular complexity index is 625. The van der Waals surface area contributed by atoms with E-state index in [-0.39, 0.29) is 5.97 Å². The van der Waals surface area contributed by atoms with E-state index in [2.05, 4.69) is 11.4 Å². The lowest BCUT2D eigenvalue weighted by molar-refractivity contribution is 0.0600. The van der Waals surface area contributed by atoms with Gasteiger partial charge in [0, 0.05) is 9.79 Å². The maximum Gasteiger partial charge on any atom is 0.337 e. The number of methoxy groups -OCH3 is 1. The van der Waals surface area contributed by atoms with Crippen molar-refractivity contribution in [3.8, 4) is 0 Å². The van der Waals surface area contributed by atoms with Crippen LogP contribution in [0.3, 0.4) is 0 Å². The summed E-state index contributed by atoms with van der Waals surface area (Å²) < 4.78 is 4.73. The summed E-state index contributed by atoms with van der Waals surface area (Å²) in [5, 5.41) is 3.35. The molecule has 1 aliphatic rings. The average Bonchev–Trinajstić information content (AvgIpc) is 2.43. The molecule has 0 saturated heterocycles. The van der Waals surface area contributed by atoms with Crippen LogP contribution in [0.4, 0.5) is 11.4 Å². The van der Waals surface area contributed by atoms with Crippen molar-refractivity contribution in [1.82, 2.24) is 0 Å². The minimum Gasteiger partial charge on any atom is -0.465 e. The summed E-state index contributed by atoms with van der Waals surface area (Å²) in [6, 6.07) is 13.6. The molecular weight excluding hydrogens is 246 g/mol. The largest absolute Gasteiger partial charge is 0.465 e. The zero-order chi connectivity index (χ0) is 12.5. The van der Waals surface area contributed by atoms with Crippen molar-refractivity contribution in [2.24, 2.45) is 0 Å². The lowest BCUT2D eigenvalue weighted by Crippen LogP contribution is -2.04. The number of para-hydroxylation sites is 1. The van der Waals surface area contributed by atoms with E-state index < -0.39 is 0 Å². The van der Waals surface area contributed by atoms with E-state index in [1.54, 1.807) is 17.8 Å². The third kappa shape index (κ3) is 1.84. The zero-order valence-electron chi connectivity index (χ0n) is 9.77. The summed E-state index contributed by atoms with van der Waals surface area (Å²) in [6.45, 7) is 0. The maximum absolute atomic E-state index is 11.5. The van der Waals surface area contributed by atoms with Gasteiger partial charge in [0.05, 0.1) is 24.0 Å². The van der Waals surface area contributed by atoms with E-state index in [0.717, 1.165) is 21.2 Å². The Morgan fingerprint density at radius 1 is 1.11 bits per heavy atom. The van der Waals surface area contributed by atoms with Crippen molar-refractivity contribution in [2.45, 2.75) is 9.79 Å². The molecule has 18 heavy (non-hydrogen) atoms. The molecule has 1 N–H and O–H groups in total. The van der Waals surface area contributed by atoms with Crippen molar-refractivity contribution in [3.63, 3.8) is 0 Å². The second kappa shape index (κ2) is 4.38. The monoisotopic (exact) mass is 257 g/mol. The Hall–Kier alpha value is -1.94. The fourth-order valence-electron chi connectivity index (χ4n) is 1.88. The zero-order valence-corrected chi connectivity index (χ0v) is 10.6. The van der Waals surface area contributed by atoms with Crippen LogP contribution in [-0.4, -0.2) is 13.1 Å². The number of anilines is 2. The van der Waals surface area contributed by atoms with Gasteiger partial charge in [-0.2, -0.15) is 0 Å². The Kier molecular flexibility index (Phi) is 2.72. The fraction of sp³-hybridized carbons (Fsp3) is 0.0714. The van der Waals surface area contributed by atoms with E-state index in [0.29, 0.717) is 5.56 Å². The number of nitrogens with one attached hydrogen (secondary N) is 1. The number of carbonyl (C=O) groups is 1. The summed E-state index contributed by atoms with van der Waals surface area (Å²) in [6.07, 6.45) is 0. The van der Waals surface area contributed by atoms with Gasteiger partial charge in [-0.05, 0) is 30.3 Å². The third-order valence-corrected chi connectivity index (χ3v) is 3.91. The second-order valence-corrected chi connectivity index (χ2v) is 5.01. The highest BCUT2D eigenvalue weighted by atomic mass is 32.2.